The number of carbonyl (C=O) groups is 1. The third kappa shape index (κ3) is 3.80. The quantitative estimate of drug-likeness (QED) is 0.262. The summed E-state index contributed by atoms with van der Waals surface area (Å²) in [5.41, 5.74) is 0.696. The molecule has 9 nitrogen and oxygen atoms in total. The highest BCUT2D eigenvalue weighted by atomic mass is 32.1. The summed E-state index contributed by atoms with van der Waals surface area (Å²) in [5.74, 6) is -0.306. The van der Waals surface area contributed by atoms with Gasteiger partial charge in [0, 0.05) is 23.1 Å². The molecule has 0 saturated carbocycles. The summed E-state index contributed by atoms with van der Waals surface area (Å²) in [6.45, 7) is -0.204. The Labute approximate surface area is 165 Å². The Morgan fingerprint density at radius 3 is 2.71 bits per heavy atom. The van der Waals surface area contributed by atoms with Crippen LogP contribution in [0.15, 0.2) is 51.6 Å². The second-order valence-corrected chi connectivity index (χ2v) is 7.20. The first-order chi connectivity index (χ1) is 13.6. The Morgan fingerprint density at radius 2 is 2.00 bits per heavy atom. The minimum atomic E-state index is -0.589. The van der Waals surface area contributed by atoms with Gasteiger partial charge >= 0.3 is 5.97 Å². The Hall–Kier alpha value is -3.44. The molecule has 3 heterocycles. The van der Waals surface area contributed by atoms with E-state index in [1.165, 1.54) is 46.9 Å². The summed E-state index contributed by atoms with van der Waals surface area (Å²) < 4.78 is 10.6. The normalized spacial score (nSPS) is 10.7. The number of nitro benzene ring substituents is 1. The van der Waals surface area contributed by atoms with Crippen LogP contribution in [0.4, 0.5) is 5.69 Å². The molecule has 0 bridgehead atoms. The first kappa shape index (κ1) is 17.9. The van der Waals surface area contributed by atoms with Gasteiger partial charge in [0.25, 0.3) is 11.6 Å². The van der Waals surface area contributed by atoms with Crippen LogP contribution < -0.4 is 0 Å². The fraction of sp³-hybridized carbons (Fsp3) is 0.0588. The van der Waals surface area contributed by atoms with E-state index in [9.17, 15) is 14.9 Å². The van der Waals surface area contributed by atoms with Crippen LogP contribution in [-0.2, 0) is 11.3 Å². The number of esters is 1. The third-order valence-corrected chi connectivity index (χ3v) is 5.45. The summed E-state index contributed by atoms with van der Waals surface area (Å²) in [7, 11) is 0. The predicted octanol–water partition coefficient (Wildman–Crippen LogP) is 4.19. The Balaban J connectivity index is 1.39. The fourth-order valence-electron chi connectivity index (χ4n) is 2.24. The lowest BCUT2D eigenvalue weighted by atomic mass is 10.2. The average Bonchev–Trinajstić information content (AvgIpc) is 3.47. The van der Waals surface area contributed by atoms with E-state index < -0.39 is 10.9 Å². The molecule has 0 N–H and O–H groups in total. The largest absolute Gasteiger partial charge is 0.451 e. The van der Waals surface area contributed by atoms with Crippen molar-refractivity contribution in [2.24, 2.45) is 0 Å². The molecule has 140 valence electrons. The highest BCUT2D eigenvalue weighted by molar-refractivity contribution is 7.20. The van der Waals surface area contributed by atoms with E-state index in [4.69, 9.17) is 9.15 Å². The smallest absolute Gasteiger partial charge is 0.358 e. The van der Waals surface area contributed by atoms with Crippen LogP contribution in [0.5, 0.6) is 0 Å². The van der Waals surface area contributed by atoms with Gasteiger partial charge in [0.2, 0.25) is 5.89 Å². The molecular weight excluding hydrogens is 404 g/mol. The van der Waals surface area contributed by atoms with Crippen LogP contribution in [0.25, 0.3) is 21.3 Å². The van der Waals surface area contributed by atoms with Crippen LogP contribution in [-0.4, -0.2) is 26.1 Å². The van der Waals surface area contributed by atoms with Crippen molar-refractivity contribution < 1.29 is 18.9 Å². The first-order valence-corrected chi connectivity index (χ1v) is 9.60. The molecule has 0 atom stereocenters. The van der Waals surface area contributed by atoms with Crippen LogP contribution >= 0.6 is 22.7 Å². The van der Waals surface area contributed by atoms with Crippen molar-refractivity contribution in [1.82, 2.24) is 15.2 Å². The highest BCUT2D eigenvalue weighted by Gasteiger charge is 2.16. The molecule has 0 aliphatic carbocycles. The highest BCUT2D eigenvalue weighted by Crippen LogP contribution is 2.28. The zero-order chi connectivity index (χ0) is 19.5. The molecular formula is C17H10N4O5S2. The third-order valence-electron chi connectivity index (χ3n) is 3.56. The second kappa shape index (κ2) is 7.66. The number of rotatable bonds is 6. The number of nitro groups is 1. The molecule has 0 aliphatic rings. The maximum absolute atomic E-state index is 12.2. The number of non-ortho nitro benzene ring substituents is 1. The molecule has 0 fully saturated rings. The predicted molar refractivity (Wildman–Crippen MR) is 101 cm³/mol. The number of benzene rings is 1. The number of thiophene rings is 1. The molecule has 0 unspecified atom stereocenters. The van der Waals surface area contributed by atoms with E-state index in [1.54, 1.807) is 5.38 Å². The van der Waals surface area contributed by atoms with Crippen LogP contribution in [0.3, 0.4) is 0 Å². The Kier molecular flexibility index (Phi) is 4.91. The minimum absolute atomic E-state index is 0.0393. The van der Waals surface area contributed by atoms with Crippen molar-refractivity contribution in [2.75, 3.05) is 0 Å². The van der Waals surface area contributed by atoms with Crippen molar-refractivity contribution in [2.45, 2.75) is 6.61 Å². The molecule has 1 aromatic carbocycles. The van der Waals surface area contributed by atoms with Crippen molar-refractivity contribution >= 4 is 34.3 Å². The van der Waals surface area contributed by atoms with Gasteiger partial charge in [0.05, 0.1) is 9.80 Å². The molecule has 0 radical (unpaired) electrons. The summed E-state index contributed by atoms with van der Waals surface area (Å²) >= 11 is 2.90. The van der Waals surface area contributed by atoms with Crippen molar-refractivity contribution in [1.29, 1.82) is 0 Å². The van der Waals surface area contributed by atoms with Crippen molar-refractivity contribution in [3.63, 3.8) is 0 Å². The van der Waals surface area contributed by atoms with Gasteiger partial charge in [0.15, 0.2) is 12.3 Å². The number of hydrogen-bond donors (Lipinski definition) is 0. The van der Waals surface area contributed by atoms with Gasteiger partial charge in [-0.25, -0.2) is 9.78 Å². The molecule has 11 heteroatoms. The lowest BCUT2D eigenvalue weighted by Gasteiger charge is -1.98. The van der Waals surface area contributed by atoms with Crippen LogP contribution in [0, 0.1) is 10.1 Å². The Morgan fingerprint density at radius 1 is 1.18 bits per heavy atom. The second-order valence-electron chi connectivity index (χ2n) is 5.40. The van der Waals surface area contributed by atoms with Gasteiger partial charge in [-0.3, -0.25) is 10.1 Å². The number of nitrogens with zero attached hydrogens (tertiary/aromatic N) is 4. The zero-order valence-corrected chi connectivity index (χ0v) is 15.6. The maximum Gasteiger partial charge on any atom is 0.358 e. The summed E-state index contributed by atoms with van der Waals surface area (Å²) in [6, 6.07) is 9.53. The van der Waals surface area contributed by atoms with Crippen LogP contribution in [0.1, 0.15) is 16.4 Å². The monoisotopic (exact) mass is 414 g/mol. The minimum Gasteiger partial charge on any atom is -0.451 e. The van der Waals surface area contributed by atoms with Crippen LogP contribution in [0.2, 0.25) is 0 Å². The van der Waals surface area contributed by atoms with Gasteiger partial charge in [-0.05, 0) is 23.6 Å². The Bertz CT molecular complexity index is 1120. The van der Waals surface area contributed by atoms with Gasteiger partial charge in [-0.15, -0.1) is 32.9 Å². The summed E-state index contributed by atoms with van der Waals surface area (Å²) in [5, 5.41) is 22.7. The molecule has 4 aromatic rings. The number of ether oxygens (including phenoxy) is 1. The lowest BCUT2D eigenvalue weighted by molar-refractivity contribution is -0.384. The molecule has 28 heavy (non-hydrogen) atoms. The van der Waals surface area contributed by atoms with E-state index in [1.807, 2.05) is 17.5 Å². The topological polar surface area (TPSA) is 121 Å². The molecule has 3 aromatic heterocycles. The molecule has 0 aliphatic heterocycles. The maximum atomic E-state index is 12.2. The SMILES string of the molecule is O=C(OCc1nnc(-c2ccc([N+](=O)[O-])cc2)o1)c1csc(-c2cccs2)n1. The fourth-order valence-corrected chi connectivity index (χ4v) is 3.84. The standard InChI is InChI=1S/C17H10N4O5S2/c22-17(12-9-28-16(18-12)13-2-1-7-27-13)25-8-14-19-20-15(26-14)10-3-5-11(6-4-10)21(23)24/h1-7,9H,8H2. The number of carbonyl (C=O) groups excluding carboxylic acids is 1. The van der Waals surface area contributed by atoms with E-state index in [-0.39, 0.29) is 29.8 Å². The number of thiazole rings is 1. The molecule has 4 rings (SSSR count). The van der Waals surface area contributed by atoms with Gasteiger partial charge in [-0.1, -0.05) is 6.07 Å². The average molecular weight is 414 g/mol. The van der Waals surface area contributed by atoms with Gasteiger partial charge in [-0.2, -0.15) is 0 Å². The van der Waals surface area contributed by atoms with E-state index in [2.05, 4.69) is 15.2 Å². The first-order valence-electron chi connectivity index (χ1n) is 7.84. The molecule has 0 saturated heterocycles. The van der Waals surface area contributed by atoms with Gasteiger partial charge < -0.3 is 9.15 Å². The molecule has 0 spiro atoms. The van der Waals surface area contributed by atoms with E-state index in [0.29, 0.717) is 5.56 Å². The summed E-state index contributed by atoms with van der Waals surface area (Å²) in [4.78, 5) is 27.6. The number of hydrogen-bond acceptors (Lipinski definition) is 10. The lowest BCUT2D eigenvalue weighted by Crippen LogP contribution is -2.05. The van der Waals surface area contributed by atoms with E-state index >= 15 is 0 Å². The van der Waals surface area contributed by atoms with E-state index in [0.717, 1.165) is 9.88 Å². The zero-order valence-electron chi connectivity index (χ0n) is 14.0. The summed E-state index contributed by atoms with van der Waals surface area (Å²) in [6.07, 6.45) is 0. The van der Waals surface area contributed by atoms with Gasteiger partial charge in [0.1, 0.15) is 5.01 Å². The molecule has 0 amide bonds. The number of aromatic nitrogens is 3. The van der Waals surface area contributed by atoms with Crippen molar-refractivity contribution in [3.8, 4) is 21.3 Å². The van der Waals surface area contributed by atoms with Crippen molar-refractivity contribution in [3.05, 3.63) is 68.9 Å².